The number of aromatic nitrogens is 2. The third-order valence-electron chi connectivity index (χ3n) is 4.72. The van der Waals surface area contributed by atoms with Crippen LogP contribution in [0.4, 0.5) is 0 Å². The van der Waals surface area contributed by atoms with E-state index in [1.54, 1.807) is 6.92 Å². The molecule has 0 bridgehead atoms. The molecule has 2 saturated heterocycles. The molecule has 2 aliphatic heterocycles. The number of amides is 1. The molecule has 1 amide bonds. The number of aliphatic carboxylic acids is 1. The van der Waals surface area contributed by atoms with Gasteiger partial charge >= 0.3 is 5.97 Å². The first-order valence-electron chi connectivity index (χ1n) is 7.54. The fraction of sp³-hybridized carbons (Fsp3) is 0.600. The third-order valence-corrected chi connectivity index (χ3v) is 4.72. The molecular weight excluding hydrogens is 284 g/mol. The van der Waals surface area contributed by atoms with Gasteiger partial charge in [0.05, 0.1) is 11.9 Å². The zero-order chi connectivity index (χ0) is 15.7. The lowest BCUT2D eigenvalue weighted by atomic mass is 9.77. The van der Waals surface area contributed by atoms with Crippen molar-refractivity contribution in [2.75, 3.05) is 19.6 Å². The number of hydrogen-bond donors (Lipinski definition) is 2. The highest BCUT2D eigenvalue weighted by molar-refractivity contribution is 5.95. The molecule has 1 aromatic rings. The van der Waals surface area contributed by atoms with E-state index in [2.05, 4.69) is 15.3 Å². The number of carbonyl (C=O) groups is 2. The van der Waals surface area contributed by atoms with Crippen molar-refractivity contribution in [3.63, 3.8) is 0 Å². The van der Waals surface area contributed by atoms with E-state index in [1.165, 1.54) is 17.3 Å². The van der Waals surface area contributed by atoms with Gasteiger partial charge in [0.1, 0.15) is 11.7 Å². The second-order valence-corrected chi connectivity index (χ2v) is 6.28. The summed E-state index contributed by atoms with van der Waals surface area (Å²) in [5.41, 5.74) is 0.854. The summed E-state index contributed by atoms with van der Waals surface area (Å²) in [6.07, 6.45) is 5.28. The van der Waals surface area contributed by atoms with Crippen LogP contribution >= 0.6 is 0 Å². The second-order valence-electron chi connectivity index (χ2n) is 6.28. The summed E-state index contributed by atoms with van der Waals surface area (Å²) in [6.45, 7) is 4.03. The molecule has 2 fully saturated rings. The Labute approximate surface area is 128 Å². The summed E-state index contributed by atoms with van der Waals surface area (Å²) in [5, 5.41) is 12.8. The molecule has 0 aromatic carbocycles. The van der Waals surface area contributed by atoms with Crippen molar-refractivity contribution in [3.05, 3.63) is 23.8 Å². The highest BCUT2D eigenvalue weighted by Crippen LogP contribution is 2.42. The van der Waals surface area contributed by atoms with Crippen molar-refractivity contribution in [2.45, 2.75) is 32.2 Å². The van der Waals surface area contributed by atoms with Crippen molar-refractivity contribution in [1.82, 2.24) is 20.2 Å². The van der Waals surface area contributed by atoms with Gasteiger partial charge in [0.2, 0.25) is 0 Å². The Morgan fingerprint density at radius 1 is 1.32 bits per heavy atom. The van der Waals surface area contributed by atoms with Gasteiger partial charge in [0.15, 0.2) is 0 Å². The maximum atomic E-state index is 12.6. The van der Waals surface area contributed by atoms with Crippen LogP contribution in [0.2, 0.25) is 0 Å². The van der Waals surface area contributed by atoms with E-state index in [1.807, 2.05) is 0 Å². The normalized spacial score (nSPS) is 23.7. The van der Waals surface area contributed by atoms with Crippen molar-refractivity contribution in [2.24, 2.45) is 5.41 Å². The molecule has 1 atom stereocenters. The number of nitrogens with zero attached hydrogens (tertiary/aromatic N) is 3. The summed E-state index contributed by atoms with van der Waals surface area (Å²) in [4.78, 5) is 33.9. The van der Waals surface area contributed by atoms with Gasteiger partial charge in [0, 0.05) is 12.7 Å². The second kappa shape index (κ2) is 5.64. The van der Waals surface area contributed by atoms with Crippen LogP contribution in [-0.4, -0.2) is 57.5 Å². The SMILES string of the molecule is Cc1cnc(C(=O)N2CC3(CCNCC3)C[C@@H]2C(=O)O)cn1. The molecule has 1 aromatic heterocycles. The average Bonchev–Trinajstić information content (AvgIpc) is 2.87. The Hall–Kier alpha value is -2.02. The van der Waals surface area contributed by atoms with Gasteiger partial charge in [-0.3, -0.25) is 9.78 Å². The van der Waals surface area contributed by atoms with E-state index in [0.29, 0.717) is 13.0 Å². The van der Waals surface area contributed by atoms with Crippen molar-refractivity contribution in [3.8, 4) is 0 Å². The molecule has 0 radical (unpaired) electrons. The lowest BCUT2D eigenvalue weighted by molar-refractivity contribution is -0.141. The van der Waals surface area contributed by atoms with Crippen molar-refractivity contribution < 1.29 is 14.7 Å². The summed E-state index contributed by atoms with van der Waals surface area (Å²) in [5.74, 6) is -1.28. The summed E-state index contributed by atoms with van der Waals surface area (Å²) in [6, 6.07) is -0.770. The van der Waals surface area contributed by atoms with E-state index in [0.717, 1.165) is 31.6 Å². The quantitative estimate of drug-likeness (QED) is 0.824. The molecule has 118 valence electrons. The number of likely N-dealkylation sites (tertiary alicyclic amines) is 1. The van der Waals surface area contributed by atoms with Gasteiger partial charge in [-0.1, -0.05) is 0 Å². The molecular formula is C15H20N4O3. The molecule has 3 heterocycles. The van der Waals surface area contributed by atoms with E-state index < -0.39 is 12.0 Å². The molecule has 0 aliphatic carbocycles. The minimum Gasteiger partial charge on any atom is -0.480 e. The van der Waals surface area contributed by atoms with E-state index >= 15 is 0 Å². The molecule has 1 spiro atoms. The third kappa shape index (κ3) is 2.68. The lowest BCUT2D eigenvalue weighted by Crippen LogP contribution is -2.42. The fourth-order valence-corrected chi connectivity index (χ4v) is 3.46. The van der Waals surface area contributed by atoms with Crippen LogP contribution in [0, 0.1) is 12.3 Å². The standard InChI is InChI=1S/C15H20N4O3/c1-10-7-18-11(8-17-10)13(20)19-9-15(2-4-16-5-3-15)6-12(19)14(21)22/h7-8,12,16H,2-6,9H2,1H3,(H,21,22)/t12-/m1/s1. The molecule has 7 heteroatoms. The minimum atomic E-state index is -0.941. The number of carboxylic acids is 1. The van der Waals surface area contributed by atoms with Gasteiger partial charge in [-0.25, -0.2) is 9.78 Å². The lowest BCUT2D eigenvalue weighted by Gasteiger charge is -2.33. The minimum absolute atomic E-state index is 0.0813. The molecule has 3 rings (SSSR count). The van der Waals surface area contributed by atoms with E-state index in [9.17, 15) is 14.7 Å². The highest BCUT2D eigenvalue weighted by Gasteiger charge is 2.49. The van der Waals surface area contributed by atoms with Gasteiger partial charge in [-0.15, -0.1) is 0 Å². The van der Waals surface area contributed by atoms with Crippen molar-refractivity contribution >= 4 is 11.9 Å². The fourth-order valence-electron chi connectivity index (χ4n) is 3.46. The zero-order valence-corrected chi connectivity index (χ0v) is 12.6. The smallest absolute Gasteiger partial charge is 0.326 e. The van der Waals surface area contributed by atoms with Crippen LogP contribution in [0.3, 0.4) is 0 Å². The summed E-state index contributed by atoms with van der Waals surface area (Å²) >= 11 is 0. The molecule has 0 unspecified atom stereocenters. The summed E-state index contributed by atoms with van der Waals surface area (Å²) < 4.78 is 0. The Kier molecular flexibility index (Phi) is 3.82. The molecule has 2 aliphatic rings. The van der Waals surface area contributed by atoms with Gasteiger partial charge in [-0.05, 0) is 44.7 Å². The highest BCUT2D eigenvalue weighted by atomic mass is 16.4. The van der Waals surface area contributed by atoms with E-state index in [-0.39, 0.29) is 17.0 Å². The maximum Gasteiger partial charge on any atom is 0.326 e. The van der Waals surface area contributed by atoms with Crippen LogP contribution in [0.25, 0.3) is 0 Å². The predicted octanol–water partition coefficient (Wildman–Crippen LogP) is 0.454. The molecule has 22 heavy (non-hydrogen) atoms. The Bertz CT molecular complexity index is 581. The number of hydrogen-bond acceptors (Lipinski definition) is 5. The Morgan fingerprint density at radius 2 is 2.05 bits per heavy atom. The van der Waals surface area contributed by atoms with Crippen LogP contribution in [0.15, 0.2) is 12.4 Å². The van der Waals surface area contributed by atoms with Gasteiger partial charge in [-0.2, -0.15) is 0 Å². The van der Waals surface area contributed by atoms with Crippen LogP contribution < -0.4 is 5.32 Å². The predicted molar refractivity (Wildman–Crippen MR) is 78.4 cm³/mol. The van der Waals surface area contributed by atoms with Gasteiger partial charge in [0.25, 0.3) is 5.91 Å². The molecule has 2 N–H and O–H groups in total. The number of carbonyl (C=O) groups excluding carboxylic acids is 1. The number of rotatable bonds is 2. The monoisotopic (exact) mass is 304 g/mol. The topological polar surface area (TPSA) is 95.4 Å². The number of carboxylic acid groups (broad SMARTS) is 1. The zero-order valence-electron chi connectivity index (χ0n) is 12.6. The van der Waals surface area contributed by atoms with Crippen LogP contribution in [0.1, 0.15) is 35.4 Å². The first kappa shape index (κ1) is 14.9. The first-order chi connectivity index (χ1) is 10.5. The van der Waals surface area contributed by atoms with Gasteiger partial charge < -0.3 is 15.3 Å². The number of nitrogens with one attached hydrogen (secondary N) is 1. The number of aryl methyl sites for hydroxylation is 1. The first-order valence-corrected chi connectivity index (χ1v) is 7.54. The Morgan fingerprint density at radius 3 is 2.64 bits per heavy atom. The van der Waals surface area contributed by atoms with E-state index in [4.69, 9.17) is 0 Å². The van der Waals surface area contributed by atoms with Crippen LogP contribution in [0.5, 0.6) is 0 Å². The summed E-state index contributed by atoms with van der Waals surface area (Å²) in [7, 11) is 0. The Balaban J connectivity index is 1.85. The van der Waals surface area contributed by atoms with Crippen LogP contribution in [-0.2, 0) is 4.79 Å². The number of piperidine rings is 1. The maximum absolute atomic E-state index is 12.6. The average molecular weight is 304 g/mol. The van der Waals surface area contributed by atoms with Crippen molar-refractivity contribution in [1.29, 1.82) is 0 Å². The largest absolute Gasteiger partial charge is 0.480 e. The molecule has 7 nitrogen and oxygen atoms in total. The molecule has 0 saturated carbocycles.